The number of thiophene rings is 1. The molecule has 0 radical (unpaired) electrons. The van der Waals surface area contributed by atoms with Gasteiger partial charge in [0.25, 0.3) is 0 Å². The zero-order chi connectivity index (χ0) is 34.3. The van der Waals surface area contributed by atoms with Gasteiger partial charge in [-0.1, -0.05) is 105 Å². The lowest BCUT2D eigenvalue weighted by atomic mass is 9.93. The number of anilines is 1. The summed E-state index contributed by atoms with van der Waals surface area (Å²) in [7, 11) is 0. The summed E-state index contributed by atoms with van der Waals surface area (Å²) >= 11 is 1.75. The van der Waals surface area contributed by atoms with Crippen molar-refractivity contribution in [2.75, 3.05) is 5.73 Å². The Morgan fingerprint density at radius 3 is 2.16 bits per heavy atom. The van der Waals surface area contributed by atoms with E-state index in [1.54, 1.807) is 23.5 Å². The van der Waals surface area contributed by atoms with E-state index in [2.05, 4.69) is 84.9 Å². The summed E-state index contributed by atoms with van der Waals surface area (Å²) in [5, 5.41) is 13.1. The van der Waals surface area contributed by atoms with E-state index in [1.165, 1.54) is 31.3 Å². The van der Waals surface area contributed by atoms with Crippen LogP contribution in [0.3, 0.4) is 0 Å². The van der Waals surface area contributed by atoms with Crippen LogP contribution in [0.2, 0.25) is 0 Å². The molecule has 0 fully saturated rings. The van der Waals surface area contributed by atoms with Crippen LogP contribution >= 0.6 is 11.3 Å². The summed E-state index contributed by atoms with van der Waals surface area (Å²) in [5.74, 6) is 0.630. The van der Waals surface area contributed by atoms with Crippen LogP contribution in [-0.4, -0.2) is 11.7 Å². The number of rotatable bonds is 4. The van der Waals surface area contributed by atoms with Crippen LogP contribution in [0.5, 0.6) is 0 Å². The van der Waals surface area contributed by atoms with Crippen molar-refractivity contribution >= 4 is 82.5 Å². The van der Waals surface area contributed by atoms with Crippen LogP contribution in [0.15, 0.2) is 156 Å². The van der Waals surface area contributed by atoms with Crippen molar-refractivity contribution in [3.63, 3.8) is 0 Å². The van der Waals surface area contributed by atoms with Crippen LogP contribution in [-0.2, 0) is 0 Å². The van der Waals surface area contributed by atoms with Gasteiger partial charge in [0.2, 0.25) is 0 Å². The van der Waals surface area contributed by atoms with Gasteiger partial charge in [0, 0.05) is 48.3 Å². The Morgan fingerprint density at radius 1 is 0.780 bits per heavy atom. The fourth-order valence-corrected chi connectivity index (χ4v) is 6.95. The second-order valence-electron chi connectivity index (χ2n) is 11.6. The molecule has 0 bridgehead atoms. The maximum absolute atomic E-state index is 8.42. The molecule has 2 aromatic heterocycles. The molecule has 7 aromatic rings. The minimum atomic E-state index is 0. The van der Waals surface area contributed by atoms with E-state index in [0.717, 1.165) is 57.2 Å². The first-order valence-electron chi connectivity index (χ1n) is 16.1. The van der Waals surface area contributed by atoms with Gasteiger partial charge < -0.3 is 15.9 Å². The fraction of sp³-hybridized carbons (Fsp3) is 0.0909. The van der Waals surface area contributed by atoms with Gasteiger partial charge in [-0.2, -0.15) is 0 Å². The van der Waals surface area contributed by atoms with Crippen molar-refractivity contribution in [2.24, 2.45) is 10.7 Å². The molecule has 1 aliphatic carbocycles. The van der Waals surface area contributed by atoms with Crippen LogP contribution in [0.25, 0.3) is 53.8 Å². The molecule has 0 saturated heterocycles. The maximum atomic E-state index is 8.42. The molecule has 50 heavy (non-hydrogen) atoms. The van der Waals surface area contributed by atoms with E-state index in [4.69, 9.17) is 21.3 Å². The first kappa shape index (κ1) is 35.3. The van der Waals surface area contributed by atoms with Gasteiger partial charge in [0.1, 0.15) is 22.8 Å². The van der Waals surface area contributed by atoms with E-state index in [9.17, 15) is 0 Å². The van der Waals surface area contributed by atoms with Gasteiger partial charge in [-0.3, -0.25) is 5.41 Å². The molecule has 0 unspecified atom stereocenters. The largest absolute Gasteiger partial charge is 0.456 e. The summed E-state index contributed by atoms with van der Waals surface area (Å²) in [6.45, 7) is 8.99. The van der Waals surface area contributed by atoms with Crippen LogP contribution in [0.4, 0.5) is 5.69 Å². The first-order chi connectivity index (χ1) is 23.9. The third-order valence-electron chi connectivity index (χ3n) is 8.26. The van der Waals surface area contributed by atoms with Crippen LogP contribution in [0.1, 0.15) is 43.9 Å². The monoisotopic (exact) mass is 674 g/mol. The molecule has 0 aliphatic heterocycles. The number of hydrogen-bond donors (Lipinski definition) is 3. The number of nitrogens with two attached hydrogens (primary N) is 2. The van der Waals surface area contributed by atoms with Crippen molar-refractivity contribution in [1.29, 1.82) is 5.41 Å². The van der Waals surface area contributed by atoms with Gasteiger partial charge in [0.15, 0.2) is 0 Å². The number of aliphatic imine (C=N–C) groups is 1. The molecule has 0 atom stereocenters. The molecule has 5 N–H and O–H groups in total. The Labute approximate surface area is 297 Å². The van der Waals surface area contributed by atoms with E-state index >= 15 is 0 Å². The van der Waals surface area contributed by atoms with Crippen molar-refractivity contribution < 1.29 is 4.42 Å². The van der Waals surface area contributed by atoms with Crippen molar-refractivity contribution in [1.82, 2.24) is 0 Å². The fourth-order valence-electron chi connectivity index (χ4n) is 5.81. The lowest BCUT2D eigenvalue weighted by Crippen LogP contribution is -2.16. The lowest BCUT2D eigenvalue weighted by molar-refractivity contribution is 0.669. The second-order valence-corrected chi connectivity index (χ2v) is 12.7. The minimum Gasteiger partial charge on any atom is -0.456 e. The topological polar surface area (TPSA) is 101 Å². The first-order valence-corrected chi connectivity index (χ1v) is 16.9. The number of nitrogens with one attached hydrogen (secondary N) is 1. The molecule has 6 heteroatoms. The third kappa shape index (κ3) is 7.67. The molecule has 0 amide bonds. The Hall–Kier alpha value is -5.98. The Kier molecular flexibility index (Phi) is 11.3. The lowest BCUT2D eigenvalue weighted by Gasteiger charge is -2.14. The molecule has 0 saturated carbocycles. The predicted molar refractivity (Wildman–Crippen MR) is 220 cm³/mol. The summed E-state index contributed by atoms with van der Waals surface area (Å²) in [5.41, 5.74) is 19.8. The van der Waals surface area contributed by atoms with E-state index < -0.39 is 0 Å². The van der Waals surface area contributed by atoms with E-state index in [-0.39, 0.29) is 13.3 Å². The molecule has 5 nitrogen and oxygen atoms in total. The van der Waals surface area contributed by atoms with Crippen LogP contribution < -0.4 is 11.5 Å². The number of furan rings is 1. The Morgan fingerprint density at radius 2 is 1.44 bits per heavy atom. The van der Waals surface area contributed by atoms with Crippen molar-refractivity contribution in [3.8, 4) is 0 Å². The Bertz CT molecular complexity index is 2430. The molecular formula is C44H42N4OS. The molecule has 1 aliphatic rings. The molecule has 5 aromatic carbocycles. The molecule has 8 rings (SSSR count). The van der Waals surface area contributed by atoms with Gasteiger partial charge in [-0.25, -0.2) is 4.99 Å². The number of benzene rings is 5. The second kappa shape index (κ2) is 15.9. The smallest absolute Gasteiger partial charge is 0.150 e. The molecule has 0 spiro atoms. The van der Waals surface area contributed by atoms with E-state index in [1.807, 2.05) is 61.5 Å². The minimum absolute atomic E-state index is 0. The number of hydrogen-bond acceptors (Lipinski definition) is 4. The van der Waals surface area contributed by atoms with Gasteiger partial charge in [0.05, 0.1) is 0 Å². The average molecular weight is 675 g/mol. The number of fused-ring (bicyclic) bond motifs is 6. The number of nitrogens with zero attached hydrogens (tertiary/aromatic N) is 1. The highest BCUT2D eigenvalue weighted by Crippen LogP contribution is 2.34. The summed E-state index contributed by atoms with van der Waals surface area (Å²) in [4.78, 5) is 4.41. The highest BCUT2D eigenvalue weighted by molar-refractivity contribution is 7.25. The number of allylic oxidation sites excluding steroid dienone is 4. The normalized spacial score (nSPS) is 12.5. The SMILES string of the molecule is C.C=CC.C=Cc1ccc2c(c1)oc1cc(N)ccc12.N=C(N=C(N)c1ccc2c(c1)sc1ccccc12)C1=CC=C(c2ccccc2)CC1. The standard InChI is InChI=1S/C26H21N3S.C14H11NO.C3H6.CH4/c27-25(19-12-10-18(11-13-19)17-6-2-1-3-7-17)29-26(28)20-14-15-22-21-8-4-5-9-23(21)30-24(22)16-20;1-2-9-3-5-11-12-6-4-10(15)8-14(12)16-13(11)7-9;1-3-2;/h1-10,12,14-16H,11,13H2,(H3,27,28,29);2-8H,1,15H2;3H,1H2,2H3;1H4. The van der Waals surface area contributed by atoms with Gasteiger partial charge >= 0.3 is 0 Å². The Balaban J connectivity index is 0.000000204. The zero-order valence-electron chi connectivity index (χ0n) is 27.4. The maximum Gasteiger partial charge on any atom is 0.150 e. The number of amidine groups is 2. The van der Waals surface area contributed by atoms with Crippen LogP contribution in [0, 0.1) is 5.41 Å². The van der Waals surface area contributed by atoms with Gasteiger partial charge in [-0.05, 0) is 78.4 Å². The van der Waals surface area contributed by atoms with Crippen molar-refractivity contribution in [3.05, 3.63) is 163 Å². The molecule has 250 valence electrons. The summed E-state index contributed by atoms with van der Waals surface area (Å²) in [6, 6.07) is 36.7. The van der Waals surface area contributed by atoms with Crippen molar-refractivity contribution in [2.45, 2.75) is 27.2 Å². The highest BCUT2D eigenvalue weighted by atomic mass is 32.1. The predicted octanol–water partition coefficient (Wildman–Crippen LogP) is 12.2. The highest BCUT2D eigenvalue weighted by Gasteiger charge is 2.13. The zero-order valence-corrected chi connectivity index (χ0v) is 28.3. The average Bonchev–Trinajstić information content (AvgIpc) is 3.69. The third-order valence-corrected chi connectivity index (χ3v) is 9.40. The quantitative estimate of drug-likeness (QED) is 0.0749. The molecular weight excluding hydrogens is 633 g/mol. The van der Waals surface area contributed by atoms with E-state index in [0.29, 0.717) is 5.84 Å². The summed E-state index contributed by atoms with van der Waals surface area (Å²) in [6.07, 6.45) is 9.35. The number of nitrogen functional groups attached to an aromatic ring is 1. The molecule has 2 heterocycles. The van der Waals surface area contributed by atoms with Gasteiger partial charge in [-0.15, -0.1) is 17.9 Å². The summed E-state index contributed by atoms with van der Waals surface area (Å²) < 4.78 is 8.20.